The van der Waals surface area contributed by atoms with Crippen LogP contribution in [0.2, 0.25) is 0 Å². The van der Waals surface area contributed by atoms with Gasteiger partial charge in [0.2, 0.25) is 0 Å². The molecule has 0 bridgehead atoms. The highest BCUT2D eigenvalue weighted by atomic mass is 16.5. The lowest BCUT2D eigenvalue weighted by molar-refractivity contribution is -0.0711. The van der Waals surface area contributed by atoms with Gasteiger partial charge < -0.3 is 15.2 Å². The van der Waals surface area contributed by atoms with E-state index in [-0.39, 0.29) is 12.2 Å². The lowest BCUT2D eigenvalue weighted by Crippen LogP contribution is -2.33. The van der Waals surface area contributed by atoms with Crippen molar-refractivity contribution in [3.63, 3.8) is 0 Å². The first-order valence-electron chi connectivity index (χ1n) is 5.80. The van der Waals surface area contributed by atoms with Gasteiger partial charge in [0.25, 0.3) is 0 Å². The summed E-state index contributed by atoms with van der Waals surface area (Å²) in [5.74, 6) is 0.792. The molecule has 3 nitrogen and oxygen atoms in total. The molecular formula is C11H21NO2. The van der Waals surface area contributed by atoms with Gasteiger partial charge in [0, 0.05) is 13.1 Å². The smallest absolute Gasteiger partial charge is 0.0974 e. The van der Waals surface area contributed by atoms with E-state index in [9.17, 15) is 5.11 Å². The second-order valence-corrected chi connectivity index (χ2v) is 4.79. The van der Waals surface area contributed by atoms with Crippen molar-refractivity contribution in [3.8, 4) is 0 Å². The van der Waals surface area contributed by atoms with Gasteiger partial charge in [0.05, 0.1) is 18.3 Å². The topological polar surface area (TPSA) is 41.5 Å². The number of hydrogen-bond donors (Lipinski definition) is 2. The van der Waals surface area contributed by atoms with Gasteiger partial charge in [0.15, 0.2) is 0 Å². The standard InChI is InChI=1S/C11H21NO2/c1-8-3-2-4-9(5-8)14-11-7-12-6-10(11)13/h8-13H,2-7H2,1H3. The van der Waals surface area contributed by atoms with E-state index in [0.29, 0.717) is 12.6 Å². The number of hydrogen-bond acceptors (Lipinski definition) is 3. The average Bonchev–Trinajstić information content (AvgIpc) is 2.52. The van der Waals surface area contributed by atoms with E-state index in [0.717, 1.165) is 12.5 Å². The Morgan fingerprint density at radius 1 is 1.29 bits per heavy atom. The Hall–Kier alpha value is -0.120. The summed E-state index contributed by atoms with van der Waals surface area (Å²) < 4.78 is 5.92. The Bertz CT molecular complexity index is 186. The fourth-order valence-electron chi connectivity index (χ4n) is 2.53. The van der Waals surface area contributed by atoms with Crippen molar-refractivity contribution >= 4 is 0 Å². The molecule has 0 spiro atoms. The molecule has 2 rings (SSSR count). The van der Waals surface area contributed by atoms with Crippen LogP contribution >= 0.6 is 0 Å². The Morgan fingerprint density at radius 2 is 2.14 bits per heavy atom. The van der Waals surface area contributed by atoms with Crippen LogP contribution < -0.4 is 5.32 Å². The maximum absolute atomic E-state index is 9.60. The lowest BCUT2D eigenvalue weighted by Gasteiger charge is -2.29. The van der Waals surface area contributed by atoms with Crippen LogP contribution in [0.4, 0.5) is 0 Å². The number of β-amino-alcohol motifs (C(OH)–C–C–N with tert-alkyl or cyclic N) is 1. The minimum Gasteiger partial charge on any atom is -0.389 e. The summed E-state index contributed by atoms with van der Waals surface area (Å²) in [6.07, 6.45) is 5.08. The van der Waals surface area contributed by atoms with Gasteiger partial charge in [-0.15, -0.1) is 0 Å². The number of aliphatic hydroxyl groups is 1. The molecule has 14 heavy (non-hydrogen) atoms. The third kappa shape index (κ3) is 2.47. The van der Waals surface area contributed by atoms with E-state index in [1.807, 2.05) is 0 Å². The summed E-state index contributed by atoms with van der Waals surface area (Å²) in [6.45, 7) is 3.79. The number of rotatable bonds is 2. The molecule has 1 aliphatic heterocycles. The van der Waals surface area contributed by atoms with Gasteiger partial charge in [-0.05, 0) is 18.8 Å². The monoisotopic (exact) mass is 199 g/mol. The fraction of sp³-hybridized carbons (Fsp3) is 1.00. The zero-order valence-corrected chi connectivity index (χ0v) is 8.91. The van der Waals surface area contributed by atoms with E-state index in [2.05, 4.69) is 12.2 Å². The minimum atomic E-state index is -0.299. The molecule has 2 aliphatic rings. The lowest BCUT2D eigenvalue weighted by atomic mass is 9.88. The molecule has 0 radical (unpaired) electrons. The van der Waals surface area contributed by atoms with Crippen molar-refractivity contribution in [2.24, 2.45) is 5.92 Å². The molecule has 4 atom stereocenters. The maximum Gasteiger partial charge on any atom is 0.0974 e. The van der Waals surface area contributed by atoms with Gasteiger partial charge in [0.1, 0.15) is 0 Å². The number of aliphatic hydroxyl groups excluding tert-OH is 1. The molecule has 2 N–H and O–H groups in total. The summed E-state index contributed by atoms with van der Waals surface area (Å²) in [4.78, 5) is 0. The molecule has 0 amide bonds. The highest BCUT2D eigenvalue weighted by Gasteiger charge is 2.29. The number of nitrogens with one attached hydrogen (secondary N) is 1. The van der Waals surface area contributed by atoms with Gasteiger partial charge in [-0.1, -0.05) is 19.8 Å². The first kappa shape index (κ1) is 10.4. The van der Waals surface area contributed by atoms with Crippen LogP contribution in [0.3, 0.4) is 0 Å². The zero-order chi connectivity index (χ0) is 9.97. The Labute approximate surface area is 85.8 Å². The second kappa shape index (κ2) is 4.60. The summed E-state index contributed by atoms with van der Waals surface area (Å²) in [5, 5.41) is 12.7. The average molecular weight is 199 g/mol. The van der Waals surface area contributed by atoms with Crippen molar-refractivity contribution in [1.82, 2.24) is 5.32 Å². The van der Waals surface area contributed by atoms with Crippen LogP contribution in [0.15, 0.2) is 0 Å². The van der Waals surface area contributed by atoms with E-state index < -0.39 is 0 Å². The molecule has 1 aliphatic carbocycles. The van der Waals surface area contributed by atoms with Gasteiger partial charge in [-0.3, -0.25) is 0 Å². The molecule has 0 aromatic rings. The van der Waals surface area contributed by atoms with Gasteiger partial charge in [-0.25, -0.2) is 0 Å². The Balaban J connectivity index is 1.78. The summed E-state index contributed by atoms with van der Waals surface area (Å²) in [7, 11) is 0. The third-order valence-electron chi connectivity index (χ3n) is 3.38. The van der Waals surface area contributed by atoms with Crippen LogP contribution in [0.25, 0.3) is 0 Å². The Morgan fingerprint density at radius 3 is 2.79 bits per heavy atom. The minimum absolute atomic E-state index is 0.0327. The molecular weight excluding hydrogens is 178 g/mol. The van der Waals surface area contributed by atoms with Crippen molar-refractivity contribution in [3.05, 3.63) is 0 Å². The molecule has 0 aromatic heterocycles. The van der Waals surface area contributed by atoms with Gasteiger partial charge in [-0.2, -0.15) is 0 Å². The highest BCUT2D eigenvalue weighted by molar-refractivity contribution is 4.83. The van der Waals surface area contributed by atoms with Crippen molar-refractivity contribution in [2.45, 2.75) is 50.9 Å². The molecule has 4 unspecified atom stereocenters. The van der Waals surface area contributed by atoms with E-state index in [1.165, 1.54) is 25.7 Å². The predicted molar refractivity (Wildman–Crippen MR) is 55.2 cm³/mol. The van der Waals surface area contributed by atoms with E-state index in [1.54, 1.807) is 0 Å². The quantitative estimate of drug-likeness (QED) is 0.694. The maximum atomic E-state index is 9.60. The normalized spacial score (nSPS) is 44.1. The first-order chi connectivity index (χ1) is 6.75. The first-order valence-corrected chi connectivity index (χ1v) is 5.80. The SMILES string of the molecule is CC1CCCC(OC2CNCC2O)C1. The Kier molecular flexibility index (Phi) is 3.42. The molecule has 2 fully saturated rings. The largest absolute Gasteiger partial charge is 0.389 e. The molecule has 3 heteroatoms. The van der Waals surface area contributed by atoms with Crippen molar-refractivity contribution < 1.29 is 9.84 Å². The molecule has 82 valence electrons. The number of ether oxygens (including phenoxy) is 1. The molecule has 1 heterocycles. The molecule has 1 saturated carbocycles. The van der Waals surface area contributed by atoms with E-state index >= 15 is 0 Å². The van der Waals surface area contributed by atoms with Crippen molar-refractivity contribution in [1.29, 1.82) is 0 Å². The van der Waals surface area contributed by atoms with Gasteiger partial charge >= 0.3 is 0 Å². The second-order valence-electron chi connectivity index (χ2n) is 4.79. The summed E-state index contributed by atoms with van der Waals surface area (Å²) in [5.41, 5.74) is 0. The van der Waals surface area contributed by atoms with Crippen LogP contribution in [0.1, 0.15) is 32.6 Å². The summed E-state index contributed by atoms with van der Waals surface area (Å²) in [6, 6.07) is 0. The van der Waals surface area contributed by atoms with Crippen LogP contribution in [0, 0.1) is 5.92 Å². The van der Waals surface area contributed by atoms with Crippen LogP contribution in [0.5, 0.6) is 0 Å². The molecule has 0 aromatic carbocycles. The summed E-state index contributed by atoms with van der Waals surface area (Å²) >= 11 is 0. The highest BCUT2D eigenvalue weighted by Crippen LogP contribution is 2.27. The van der Waals surface area contributed by atoms with Crippen LogP contribution in [-0.2, 0) is 4.74 Å². The zero-order valence-electron chi connectivity index (χ0n) is 8.91. The van der Waals surface area contributed by atoms with Crippen LogP contribution in [-0.4, -0.2) is 36.5 Å². The van der Waals surface area contributed by atoms with E-state index in [4.69, 9.17) is 4.74 Å². The predicted octanol–water partition coefficient (Wildman–Crippen LogP) is 0.914. The van der Waals surface area contributed by atoms with Crippen molar-refractivity contribution in [2.75, 3.05) is 13.1 Å². The third-order valence-corrected chi connectivity index (χ3v) is 3.38. The molecule has 1 saturated heterocycles. The fourth-order valence-corrected chi connectivity index (χ4v) is 2.53.